The number of morpholine rings is 1. The largest absolute Gasteiger partial charge is 0.378 e. The summed E-state index contributed by atoms with van der Waals surface area (Å²) >= 11 is 1.71. The minimum Gasteiger partial charge on any atom is -0.378 e. The summed E-state index contributed by atoms with van der Waals surface area (Å²) in [5, 5.41) is 6.68. The highest BCUT2D eigenvalue weighted by molar-refractivity contribution is 7.14. The molecule has 3 rings (SSSR count). The molecule has 0 bridgehead atoms. The first-order chi connectivity index (χ1) is 8.92. The van der Waals surface area contributed by atoms with Crippen LogP contribution in [0.1, 0.15) is 0 Å². The second kappa shape index (κ2) is 5.42. The van der Waals surface area contributed by atoms with Gasteiger partial charge in [-0.3, -0.25) is 0 Å². The molecular weight excluding hydrogens is 244 g/mol. The molecule has 2 aromatic rings. The summed E-state index contributed by atoms with van der Waals surface area (Å²) in [6.45, 7) is 3.59. The fourth-order valence-corrected chi connectivity index (χ4v) is 2.73. The predicted octanol–water partition coefficient (Wildman–Crippen LogP) is 3.33. The zero-order valence-corrected chi connectivity index (χ0v) is 11.0. The number of rotatable bonds is 3. The van der Waals surface area contributed by atoms with Gasteiger partial charge >= 0.3 is 0 Å². The number of hydrogen-bond donors (Lipinski definition) is 1. The summed E-state index contributed by atoms with van der Waals surface area (Å²) in [4.78, 5) is 2.36. The van der Waals surface area contributed by atoms with E-state index < -0.39 is 0 Å². The van der Waals surface area contributed by atoms with Gasteiger partial charge in [-0.15, -0.1) is 11.3 Å². The molecular formula is C14H16N2OS. The Labute approximate surface area is 111 Å². The molecule has 0 radical (unpaired) electrons. The minimum atomic E-state index is 0.822. The van der Waals surface area contributed by atoms with Crippen LogP contribution >= 0.6 is 11.3 Å². The van der Waals surface area contributed by atoms with E-state index in [0.717, 1.165) is 32.0 Å². The lowest BCUT2D eigenvalue weighted by atomic mass is 10.2. The molecule has 1 aliphatic heterocycles. The number of nitrogens with zero attached hydrogens (tertiary/aromatic N) is 1. The molecule has 1 saturated heterocycles. The quantitative estimate of drug-likeness (QED) is 0.916. The first kappa shape index (κ1) is 11.6. The van der Waals surface area contributed by atoms with Crippen molar-refractivity contribution < 1.29 is 4.74 Å². The summed E-state index contributed by atoms with van der Waals surface area (Å²) < 4.78 is 5.38. The first-order valence-corrected chi connectivity index (χ1v) is 7.03. The summed E-state index contributed by atoms with van der Waals surface area (Å²) in [6.07, 6.45) is 0. The zero-order valence-electron chi connectivity index (χ0n) is 10.1. The van der Waals surface area contributed by atoms with Gasteiger partial charge in [0, 0.05) is 24.5 Å². The van der Waals surface area contributed by atoms with E-state index in [0.29, 0.717) is 0 Å². The van der Waals surface area contributed by atoms with E-state index in [1.54, 1.807) is 11.3 Å². The maximum absolute atomic E-state index is 5.38. The molecule has 18 heavy (non-hydrogen) atoms. The van der Waals surface area contributed by atoms with Gasteiger partial charge in [-0.2, -0.15) is 0 Å². The highest BCUT2D eigenvalue weighted by atomic mass is 32.1. The lowest BCUT2D eigenvalue weighted by molar-refractivity contribution is 0.122. The molecule has 0 aliphatic carbocycles. The summed E-state index contributed by atoms with van der Waals surface area (Å²) in [7, 11) is 0. The maximum atomic E-state index is 5.38. The maximum Gasteiger partial charge on any atom is 0.0926 e. The molecule has 1 aromatic carbocycles. The third-order valence-electron chi connectivity index (χ3n) is 3.01. The molecule has 1 aromatic heterocycles. The SMILES string of the molecule is c1cc(Nc2cccs2)cc(N2CCOCC2)c1. The van der Waals surface area contributed by atoms with Crippen molar-refractivity contribution in [1.82, 2.24) is 0 Å². The molecule has 0 unspecified atom stereocenters. The molecule has 1 N–H and O–H groups in total. The van der Waals surface area contributed by atoms with E-state index in [1.165, 1.54) is 10.7 Å². The zero-order chi connectivity index (χ0) is 12.2. The Kier molecular flexibility index (Phi) is 3.48. The second-order valence-corrected chi connectivity index (χ2v) is 5.20. The number of anilines is 3. The molecule has 3 nitrogen and oxygen atoms in total. The van der Waals surface area contributed by atoms with Crippen LogP contribution in [0.3, 0.4) is 0 Å². The number of benzene rings is 1. The fourth-order valence-electron chi connectivity index (χ4n) is 2.09. The molecule has 0 amide bonds. The van der Waals surface area contributed by atoms with Crippen LogP contribution in [-0.2, 0) is 4.74 Å². The van der Waals surface area contributed by atoms with Crippen LogP contribution in [0.2, 0.25) is 0 Å². The van der Waals surface area contributed by atoms with Crippen molar-refractivity contribution in [1.29, 1.82) is 0 Å². The van der Waals surface area contributed by atoms with Gasteiger partial charge in [0.1, 0.15) is 0 Å². The fraction of sp³-hybridized carbons (Fsp3) is 0.286. The molecule has 0 saturated carbocycles. The minimum absolute atomic E-state index is 0.822. The van der Waals surface area contributed by atoms with E-state index in [1.807, 2.05) is 0 Å². The first-order valence-electron chi connectivity index (χ1n) is 6.15. The molecule has 1 fully saturated rings. The standard InChI is InChI=1S/C14H16N2OS/c1-3-12(15-14-5-2-10-18-14)11-13(4-1)16-6-8-17-9-7-16/h1-5,10-11,15H,6-9H2. The summed E-state index contributed by atoms with van der Waals surface area (Å²) in [5.74, 6) is 0. The highest BCUT2D eigenvalue weighted by Gasteiger charge is 2.11. The Balaban J connectivity index is 1.76. The average molecular weight is 260 g/mol. The normalized spacial score (nSPS) is 15.7. The third kappa shape index (κ3) is 2.66. The van der Waals surface area contributed by atoms with Crippen LogP contribution in [0.15, 0.2) is 41.8 Å². The van der Waals surface area contributed by atoms with E-state index in [-0.39, 0.29) is 0 Å². The van der Waals surface area contributed by atoms with E-state index >= 15 is 0 Å². The van der Waals surface area contributed by atoms with Gasteiger partial charge in [0.05, 0.1) is 18.2 Å². The van der Waals surface area contributed by atoms with Crippen LogP contribution in [0.25, 0.3) is 0 Å². The van der Waals surface area contributed by atoms with Crippen molar-refractivity contribution in [3.05, 3.63) is 41.8 Å². The Bertz CT molecular complexity index is 492. The van der Waals surface area contributed by atoms with Crippen LogP contribution in [0.5, 0.6) is 0 Å². The monoisotopic (exact) mass is 260 g/mol. The number of hydrogen-bond acceptors (Lipinski definition) is 4. The molecule has 0 spiro atoms. The molecule has 2 heterocycles. The Morgan fingerprint density at radius 1 is 1.11 bits per heavy atom. The predicted molar refractivity (Wildman–Crippen MR) is 77.1 cm³/mol. The molecule has 1 aliphatic rings. The van der Waals surface area contributed by atoms with Crippen molar-refractivity contribution in [3.8, 4) is 0 Å². The van der Waals surface area contributed by atoms with E-state index in [4.69, 9.17) is 4.74 Å². The smallest absolute Gasteiger partial charge is 0.0926 e. The number of ether oxygens (including phenoxy) is 1. The van der Waals surface area contributed by atoms with Gasteiger partial charge in [0.2, 0.25) is 0 Å². The number of thiophene rings is 1. The van der Waals surface area contributed by atoms with Gasteiger partial charge in [0.25, 0.3) is 0 Å². The van der Waals surface area contributed by atoms with Crippen molar-refractivity contribution in [3.63, 3.8) is 0 Å². The van der Waals surface area contributed by atoms with Crippen molar-refractivity contribution in [2.24, 2.45) is 0 Å². The summed E-state index contributed by atoms with van der Waals surface area (Å²) in [6, 6.07) is 12.7. The highest BCUT2D eigenvalue weighted by Crippen LogP contribution is 2.25. The van der Waals surface area contributed by atoms with E-state index in [2.05, 4.69) is 52.0 Å². The second-order valence-electron chi connectivity index (χ2n) is 4.25. The lowest BCUT2D eigenvalue weighted by Gasteiger charge is -2.29. The molecule has 94 valence electrons. The van der Waals surface area contributed by atoms with Gasteiger partial charge in [-0.25, -0.2) is 0 Å². The Hall–Kier alpha value is -1.52. The van der Waals surface area contributed by atoms with Gasteiger partial charge in [-0.05, 0) is 35.7 Å². The average Bonchev–Trinajstić information content (AvgIpc) is 2.93. The van der Waals surface area contributed by atoms with Crippen molar-refractivity contribution >= 4 is 27.7 Å². The Morgan fingerprint density at radius 2 is 2.00 bits per heavy atom. The van der Waals surface area contributed by atoms with Crippen LogP contribution < -0.4 is 10.2 Å². The molecule has 0 atom stereocenters. The van der Waals surface area contributed by atoms with Crippen molar-refractivity contribution in [2.45, 2.75) is 0 Å². The topological polar surface area (TPSA) is 24.5 Å². The van der Waals surface area contributed by atoms with Gasteiger partial charge in [0.15, 0.2) is 0 Å². The lowest BCUT2D eigenvalue weighted by Crippen LogP contribution is -2.36. The van der Waals surface area contributed by atoms with Gasteiger partial charge in [-0.1, -0.05) is 6.07 Å². The Morgan fingerprint density at radius 3 is 2.78 bits per heavy atom. The van der Waals surface area contributed by atoms with Crippen LogP contribution in [-0.4, -0.2) is 26.3 Å². The third-order valence-corrected chi connectivity index (χ3v) is 3.80. The summed E-state index contributed by atoms with van der Waals surface area (Å²) in [5.41, 5.74) is 2.40. The van der Waals surface area contributed by atoms with Crippen molar-refractivity contribution in [2.75, 3.05) is 36.5 Å². The van der Waals surface area contributed by atoms with Crippen LogP contribution in [0, 0.1) is 0 Å². The van der Waals surface area contributed by atoms with Crippen LogP contribution in [0.4, 0.5) is 16.4 Å². The van der Waals surface area contributed by atoms with Gasteiger partial charge < -0.3 is 15.0 Å². The van der Waals surface area contributed by atoms with E-state index in [9.17, 15) is 0 Å². The molecule has 4 heteroatoms. The number of nitrogens with one attached hydrogen (secondary N) is 1.